The Bertz CT molecular complexity index is 1410. The largest absolute Gasteiger partial charge is 0.507 e. The fraction of sp³-hybridized carbons (Fsp3) is 0.333. The lowest BCUT2D eigenvalue weighted by molar-refractivity contribution is -0.135. The Labute approximate surface area is 215 Å². The molecule has 7 nitrogen and oxygen atoms in total. The topological polar surface area (TPSA) is 103 Å². The number of cyclic esters (lactones) is 1. The van der Waals surface area contributed by atoms with Crippen LogP contribution < -0.4 is 4.74 Å². The van der Waals surface area contributed by atoms with Gasteiger partial charge in [-0.1, -0.05) is 24.3 Å². The number of benzene rings is 2. The van der Waals surface area contributed by atoms with E-state index in [4.69, 9.17) is 9.47 Å². The molecule has 1 unspecified atom stereocenters. The van der Waals surface area contributed by atoms with Crippen LogP contribution in [-0.2, 0) is 14.3 Å². The van der Waals surface area contributed by atoms with Gasteiger partial charge in [0.2, 0.25) is 0 Å². The molecule has 190 valence electrons. The zero-order valence-corrected chi connectivity index (χ0v) is 20.7. The molecule has 0 bridgehead atoms. The molecule has 0 saturated carbocycles. The lowest BCUT2D eigenvalue weighted by Crippen LogP contribution is -2.23. The number of ketones is 1. The Hall–Kier alpha value is -4.00. The van der Waals surface area contributed by atoms with Crippen LogP contribution in [0.2, 0.25) is 0 Å². The number of rotatable bonds is 1. The molecule has 2 aliphatic heterocycles. The molecule has 5 rings (SSSR count). The Morgan fingerprint density at radius 2 is 1.89 bits per heavy atom. The number of hydrogen-bond acceptors (Lipinski definition) is 7. The smallest absolute Gasteiger partial charge is 0.342 e. The number of Topliss-reactive ketones (excluding diaryl/α,β-unsaturated/α-hetero) is 1. The van der Waals surface area contributed by atoms with Crippen molar-refractivity contribution in [3.8, 4) is 11.5 Å². The summed E-state index contributed by atoms with van der Waals surface area (Å²) < 4.78 is 11.2. The second kappa shape index (κ2) is 10.5. The fourth-order valence-electron chi connectivity index (χ4n) is 5.11. The van der Waals surface area contributed by atoms with Crippen molar-refractivity contribution in [1.82, 2.24) is 4.98 Å². The van der Waals surface area contributed by atoms with Gasteiger partial charge in [-0.05, 0) is 68.0 Å². The lowest BCUT2D eigenvalue weighted by atomic mass is 9.83. The van der Waals surface area contributed by atoms with Crippen LogP contribution in [0.4, 0.5) is 0 Å². The van der Waals surface area contributed by atoms with Crippen LogP contribution in [0.1, 0.15) is 84.8 Å². The predicted molar refractivity (Wildman–Crippen MR) is 139 cm³/mol. The van der Waals surface area contributed by atoms with E-state index in [9.17, 15) is 19.5 Å². The van der Waals surface area contributed by atoms with Crippen LogP contribution in [0.5, 0.6) is 11.5 Å². The van der Waals surface area contributed by atoms with E-state index in [1.54, 1.807) is 25.3 Å². The third-order valence-electron chi connectivity index (χ3n) is 7.01. The predicted octanol–water partition coefficient (Wildman–Crippen LogP) is 5.86. The molecule has 0 radical (unpaired) electrons. The number of phenolic OH excluding ortho intramolecular Hbond substituents is 1. The van der Waals surface area contributed by atoms with E-state index in [2.05, 4.69) is 4.98 Å². The minimum Gasteiger partial charge on any atom is -0.507 e. The van der Waals surface area contributed by atoms with Crippen LogP contribution in [0.3, 0.4) is 0 Å². The Balaban J connectivity index is 1.61. The molecule has 2 aliphatic rings. The normalized spacial score (nSPS) is 20.9. The summed E-state index contributed by atoms with van der Waals surface area (Å²) in [5.41, 5.74) is 2.50. The van der Waals surface area contributed by atoms with Gasteiger partial charge in [-0.15, -0.1) is 0 Å². The molecule has 0 saturated heterocycles. The van der Waals surface area contributed by atoms with Crippen molar-refractivity contribution >= 4 is 34.7 Å². The SMILES string of the molecule is C[C@H]1CCCC(=O)CCCC=Cc2cc3c(c(O)c2C(=O)O1)C(c1ccc2ncccc2c1)CC(=O)O3. The second-order valence-corrected chi connectivity index (χ2v) is 9.73. The van der Waals surface area contributed by atoms with Crippen LogP contribution in [0.15, 0.2) is 48.7 Å². The first-order valence-corrected chi connectivity index (χ1v) is 12.7. The van der Waals surface area contributed by atoms with E-state index in [1.165, 1.54) is 0 Å². The van der Waals surface area contributed by atoms with Gasteiger partial charge in [0.1, 0.15) is 22.8 Å². The maximum atomic E-state index is 13.3. The first kappa shape index (κ1) is 24.7. The van der Waals surface area contributed by atoms with E-state index in [1.807, 2.05) is 36.4 Å². The van der Waals surface area contributed by atoms with Crippen molar-refractivity contribution in [1.29, 1.82) is 0 Å². The molecule has 1 aromatic heterocycles. The average Bonchev–Trinajstić information content (AvgIpc) is 2.87. The molecular weight excluding hydrogens is 470 g/mol. The summed E-state index contributed by atoms with van der Waals surface area (Å²) in [6.07, 6.45) is 8.41. The van der Waals surface area contributed by atoms with Crippen molar-refractivity contribution in [2.75, 3.05) is 0 Å². The first-order chi connectivity index (χ1) is 17.9. The number of pyridine rings is 1. The maximum Gasteiger partial charge on any atom is 0.342 e. The molecule has 3 heterocycles. The van der Waals surface area contributed by atoms with Crippen LogP contribution in [0.25, 0.3) is 17.0 Å². The average molecular weight is 500 g/mol. The minimum absolute atomic E-state index is 0.0282. The lowest BCUT2D eigenvalue weighted by Gasteiger charge is -2.28. The summed E-state index contributed by atoms with van der Waals surface area (Å²) >= 11 is 0. The van der Waals surface area contributed by atoms with Gasteiger partial charge >= 0.3 is 11.9 Å². The number of phenols is 1. The number of fused-ring (bicyclic) bond motifs is 3. The standard InChI is InChI=1S/C30H29NO6/c1-18-7-5-11-22(32)10-4-2-3-8-21-16-25-28(29(34)27(21)30(35)36-18)23(17-26(33)37-25)19-12-13-24-20(15-19)9-6-14-31-24/h3,6,8-9,12-16,18,23,34H,2,4-5,7,10-11,17H2,1H3/t18-,23?/m0/s1. The molecule has 2 aromatic carbocycles. The van der Waals surface area contributed by atoms with Crippen LogP contribution >= 0.6 is 0 Å². The Kier molecular flexibility index (Phi) is 7.04. The zero-order valence-electron chi connectivity index (χ0n) is 20.7. The molecule has 0 spiro atoms. The quantitative estimate of drug-likeness (QED) is 0.330. The third kappa shape index (κ3) is 5.26. The van der Waals surface area contributed by atoms with Gasteiger partial charge in [0.25, 0.3) is 0 Å². The van der Waals surface area contributed by atoms with Crippen LogP contribution in [-0.4, -0.2) is 33.9 Å². The number of carbonyl (C=O) groups excluding carboxylic acids is 3. The van der Waals surface area contributed by atoms with E-state index >= 15 is 0 Å². The van der Waals surface area contributed by atoms with E-state index in [-0.39, 0.29) is 29.3 Å². The van der Waals surface area contributed by atoms with Crippen molar-refractivity contribution in [2.45, 2.75) is 63.9 Å². The molecule has 0 aliphatic carbocycles. The molecular formula is C30H29NO6. The van der Waals surface area contributed by atoms with Gasteiger partial charge in [-0.3, -0.25) is 14.6 Å². The zero-order chi connectivity index (χ0) is 25.9. The molecule has 37 heavy (non-hydrogen) atoms. The highest BCUT2D eigenvalue weighted by molar-refractivity contribution is 5.98. The number of allylic oxidation sites excluding steroid dienone is 1. The summed E-state index contributed by atoms with van der Waals surface area (Å²) in [5.74, 6) is -1.36. The highest BCUT2D eigenvalue weighted by Crippen LogP contribution is 2.47. The van der Waals surface area contributed by atoms with Crippen molar-refractivity contribution in [2.24, 2.45) is 0 Å². The molecule has 2 atom stereocenters. The van der Waals surface area contributed by atoms with Gasteiger partial charge < -0.3 is 14.6 Å². The van der Waals surface area contributed by atoms with Gasteiger partial charge in [0.05, 0.1) is 18.0 Å². The molecule has 0 fully saturated rings. The highest BCUT2D eigenvalue weighted by atomic mass is 16.5. The van der Waals surface area contributed by atoms with Crippen molar-refractivity contribution < 1.29 is 29.0 Å². The summed E-state index contributed by atoms with van der Waals surface area (Å²) in [5, 5.41) is 12.4. The number of ether oxygens (including phenoxy) is 2. The number of nitrogens with zero attached hydrogens (tertiary/aromatic N) is 1. The Morgan fingerprint density at radius 1 is 1.05 bits per heavy atom. The first-order valence-electron chi connectivity index (χ1n) is 12.7. The van der Waals surface area contributed by atoms with Gasteiger partial charge in [-0.2, -0.15) is 0 Å². The van der Waals surface area contributed by atoms with Gasteiger partial charge in [0.15, 0.2) is 0 Å². The van der Waals surface area contributed by atoms with E-state index in [0.29, 0.717) is 49.7 Å². The van der Waals surface area contributed by atoms with Crippen molar-refractivity contribution in [3.05, 3.63) is 70.9 Å². The number of aromatic nitrogens is 1. The summed E-state index contributed by atoms with van der Waals surface area (Å²) in [6, 6.07) is 11.1. The van der Waals surface area contributed by atoms with E-state index < -0.39 is 24.0 Å². The van der Waals surface area contributed by atoms with Crippen molar-refractivity contribution in [3.63, 3.8) is 0 Å². The number of aromatic hydroxyl groups is 1. The Morgan fingerprint density at radius 3 is 2.76 bits per heavy atom. The van der Waals surface area contributed by atoms with Crippen LogP contribution in [0, 0.1) is 0 Å². The second-order valence-electron chi connectivity index (χ2n) is 9.73. The van der Waals surface area contributed by atoms with Gasteiger partial charge in [0, 0.05) is 35.9 Å². The summed E-state index contributed by atoms with van der Waals surface area (Å²) in [7, 11) is 0. The minimum atomic E-state index is -0.644. The third-order valence-corrected chi connectivity index (χ3v) is 7.01. The molecule has 0 amide bonds. The number of hydrogen-bond donors (Lipinski definition) is 1. The molecule has 3 aromatic rings. The summed E-state index contributed by atoms with van der Waals surface area (Å²) in [4.78, 5) is 42.4. The number of carbonyl (C=O) groups is 3. The maximum absolute atomic E-state index is 13.3. The summed E-state index contributed by atoms with van der Waals surface area (Å²) in [6.45, 7) is 1.78. The number of esters is 2. The van der Waals surface area contributed by atoms with E-state index in [0.717, 1.165) is 16.5 Å². The monoisotopic (exact) mass is 499 g/mol. The molecule has 7 heteroatoms. The fourth-order valence-corrected chi connectivity index (χ4v) is 5.11. The molecule has 1 N–H and O–H groups in total. The highest BCUT2D eigenvalue weighted by Gasteiger charge is 2.35. The van der Waals surface area contributed by atoms with Gasteiger partial charge in [-0.25, -0.2) is 4.79 Å².